The Balaban J connectivity index is 1.31. The van der Waals surface area contributed by atoms with Crippen molar-refractivity contribution in [2.75, 3.05) is 0 Å². The molecule has 43 heavy (non-hydrogen) atoms. The fraction of sp³-hybridized carbons (Fsp3) is 0.0857. The van der Waals surface area contributed by atoms with E-state index in [1.54, 1.807) is 24.3 Å². The van der Waals surface area contributed by atoms with Gasteiger partial charge in [-0.25, -0.2) is 22.0 Å². The molecule has 5 aromatic rings. The van der Waals surface area contributed by atoms with Crippen LogP contribution < -0.4 is 4.74 Å². The van der Waals surface area contributed by atoms with Crippen molar-refractivity contribution in [1.82, 2.24) is 0 Å². The third kappa shape index (κ3) is 6.48. The fourth-order valence-electron chi connectivity index (χ4n) is 4.61. The van der Waals surface area contributed by atoms with Gasteiger partial charge in [-0.05, 0) is 89.2 Å². The monoisotopic (exact) mass is 592 g/mol. The molecule has 0 N–H and O–H groups in total. The van der Waals surface area contributed by atoms with Crippen molar-refractivity contribution in [3.63, 3.8) is 0 Å². The van der Waals surface area contributed by atoms with Gasteiger partial charge < -0.3 is 4.74 Å². The lowest BCUT2D eigenvalue weighted by atomic mass is 9.97. The van der Waals surface area contributed by atoms with Gasteiger partial charge in [-0.3, -0.25) is 0 Å². The highest BCUT2D eigenvalue weighted by Gasteiger charge is 2.34. The molecule has 0 atom stereocenters. The summed E-state index contributed by atoms with van der Waals surface area (Å²) in [7, 11) is 0. The summed E-state index contributed by atoms with van der Waals surface area (Å²) < 4.78 is 105. The lowest BCUT2D eigenvalue weighted by molar-refractivity contribution is -0.185. The van der Waals surface area contributed by atoms with Gasteiger partial charge in [-0.2, -0.15) is 8.78 Å². The van der Waals surface area contributed by atoms with Gasteiger partial charge in [0.2, 0.25) is 0 Å². The quantitative estimate of drug-likeness (QED) is 0.0940. The van der Waals surface area contributed by atoms with Gasteiger partial charge in [0.05, 0.1) is 5.56 Å². The average molecular weight is 593 g/mol. The number of alkyl halides is 2. The van der Waals surface area contributed by atoms with Crippen LogP contribution in [0.2, 0.25) is 0 Å². The molecule has 0 radical (unpaired) electrons. The molecule has 0 bridgehead atoms. The minimum absolute atomic E-state index is 0.0563. The van der Waals surface area contributed by atoms with Crippen molar-refractivity contribution in [1.29, 1.82) is 0 Å². The fourth-order valence-corrected chi connectivity index (χ4v) is 4.61. The highest BCUT2D eigenvalue weighted by atomic mass is 19.3. The van der Waals surface area contributed by atoms with Crippen molar-refractivity contribution in [2.45, 2.75) is 19.0 Å². The smallest absolute Gasteiger partial charge is 0.426 e. The second-order valence-corrected chi connectivity index (χ2v) is 9.81. The highest BCUT2D eigenvalue weighted by molar-refractivity contribution is 5.74. The second kappa shape index (κ2) is 12.2. The van der Waals surface area contributed by atoms with E-state index in [4.69, 9.17) is 4.74 Å². The van der Waals surface area contributed by atoms with Crippen molar-refractivity contribution in [3.05, 3.63) is 150 Å². The molecule has 0 spiro atoms. The largest absolute Gasteiger partial charge is 0.429 e. The lowest BCUT2D eigenvalue weighted by Crippen LogP contribution is -2.21. The predicted molar refractivity (Wildman–Crippen MR) is 152 cm³/mol. The molecule has 0 aliphatic heterocycles. The van der Waals surface area contributed by atoms with Crippen LogP contribution in [0.4, 0.5) is 30.7 Å². The molecule has 0 aliphatic rings. The maximum Gasteiger partial charge on any atom is 0.426 e. The molecule has 0 heterocycles. The number of aryl methyl sites for hydroxylation is 1. The molecule has 0 fully saturated rings. The van der Waals surface area contributed by atoms with Crippen LogP contribution >= 0.6 is 0 Å². The third-order valence-electron chi connectivity index (χ3n) is 6.90. The van der Waals surface area contributed by atoms with Crippen LogP contribution in [0.5, 0.6) is 5.75 Å². The van der Waals surface area contributed by atoms with Crippen LogP contribution in [0.15, 0.2) is 110 Å². The van der Waals surface area contributed by atoms with E-state index in [0.29, 0.717) is 29.7 Å². The summed E-state index contributed by atoms with van der Waals surface area (Å²) in [6.07, 6.45) is -0.381. The van der Waals surface area contributed by atoms with E-state index in [2.05, 4.69) is 6.58 Å². The third-order valence-corrected chi connectivity index (χ3v) is 6.90. The van der Waals surface area contributed by atoms with E-state index in [0.717, 1.165) is 18.1 Å². The zero-order valence-corrected chi connectivity index (χ0v) is 22.5. The average Bonchev–Trinajstić information content (AvgIpc) is 2.99. The number of halogens is 7. The van der Waals surface area contributed by atoms with E-state index >= 15 is 4.39 Å². The maximum atomic E-state index is 15.1. The lowest BCUT2D eigenvalue weighted by Gasteiger charge is -2.19. The molecular weight excluding hydrogens is 569 g/mol. The summed E-state index contributed by atoms with van der Waals surface area (Å²) in [6.45, 7) is 3.65. The Morgan fingerprint density at radius 2 is 1.09 bits per heavy atom. The molecule has 0 aromatic heterocycles. The van der Waals surface area contributed by atoms with E-state index in [-0.39, 0.29) is 33.6 Å². The van der Waals surface area contributed by atoms with Gasteiger partial charge in [0.1, 0.15) is 17.4 Å². The Morgan fingerprint density at radius 3 is 1.67 bits per heavy atom. The van der Waals surface area contributed by atoms with Gasteiger partial charge in [-0.1, -0.05) is 54.6 Å². The topological polar surface area (TPSA) is 9.23 Å². The van der Waals surface area contributed by atoms with Crippen LogP contribution in [0.3, 0.4) is 0 Å². The molecule has 8 heteroatoms. The zero-order valence-electron chi connectivity index (χ0n) is 22.5. The molecular formula is C35H23F7O. The first-order valence-corrected chi connectivity index (χ1v) is 13.2. The molecule has 0 saturated carbocycles. The van der Waals surface area contributed by atoms with Crippen LogP contribution in [-0.4, -0.2) is 0 Å². The van der Waals surface area contributed by atoms with Crippen molar-refractivity contribution in [2.24, 2.45) is 0 Å². The molecule has 5 aromatic carbocycles. The maximum absolute atomic E-state index is 15.1. The standard InChI is InChI=1S/C35H23F7O/c1-2-3-4-21-5-11-26(12-6-21)35(41,42)43-27-13-7-22(8-14-27)23-9-15-28(30(36)17-23)24-10-16-29(31(37)18-24)25-19-32(38)34(40)33(39)20-25/h2,5-20H,1,3-4H2. The van der Waals surface area contributed by atoms with Crippen LogP contribution in [0.1, 0.15) is 17.5 Å². The predicted octanol–water partition coefficient (Wildman–Crippen LogP) is 10.6. The molecule has 0 saturated heterocycles. The normalized spacial score (nSPS) is 11.4. The Kier molecular flexibility index (Phi) is 8.39. The van der Waals surface area contributed by atoms with Gasteiger partial charge >= 0.3 is 6.11 Å². The molecule has 0 aliphatic carbocycles. The van der Waals surface area contributed by atoms with Crippen LogP contribution in [-0.2, 0) is 12.5 Å². The molecule has 1 nitrogen and oxygen atoms in total. The summed E-state index contributed by atoms with van der Waals surface area (Å²) in [4.78, 5) is 0. The number of benzene rings is 5. The molecule has 0 amide bonds. The zero-order chi connectivity index (χ0) is 30.7. The first-order valence-electron chi connectivity index (χ1n) is 13.2. The highest BCUT2D eigenvalue weighted by Crippen LogP contribution is 2.35. The number of hydrogen-bond donors (Lipinski definition) is 0. The van der Waals surface area contributed by atoms with E-state index in [1.807, 2.05) is 0 Å². The first-order chi connectivity index (χ1) is 20.6. The van der Waals surface area contributed by atoms with E-state index in [9.17, 15) is 26.3 Å². The van der Waals surface area contributed by atoms with Crippen LogP contribution in [0.25, 0.3) is 33.4 Å². The Morgan fingerprint density at radius 1 is 0.581 bits per heavy atom. The Bertz CT molecular complexity index is 1760. The SMILES string of the molecule is C=CCCc1ccc(C(F)(F)Oc2ccc(-c3ccc(-c4ccc(-c5cc(F)c(F)c(F)c5)c(F)c4)c(F)c3)cc2)cc1. The van der Waals surface area contributed by atoms with E-state index < -0.39 is 35.2 Å². The second-order valence-electron chi connectivity index (χ2n) is 9.81. The molecule has 0 unspecified atom stereocenters. The summed E-state index contributed by atoms with van der Waals surface area (Å²) in [5.74, 6) is -6.24. The Hall–Kier alpha value is -4.85. The van der Waals surface area contributed by atoms with Crippen LogP contribution in [0, 0.1) is 29.1 Å². The summed E-state index contributed by atoms with van der Waals surface area (Å²) in [5, 5.41) is 0. The Labute approximate surface area is 243 Å². The molecule has 218 valence electrons. The van der Waals surface area contributed by atoms with Crippen molar-refractivity contribution >= 4 is 0 Å². The van der Waals surface area contributed by atoms with Crippen molar-refractivity contribution < 1.29 is 35.5 Å². The van der Waals surface area contributed by atoms with Gasteiger partial charge in [0.25, 0.3) is 0 Å². The first kappa shape index (κ1) is 29.6. The van der Waals surface area contributed by atoms with Gasteiger partial charge in [-0.15, -0.1) is 6.58 Å². The number of allylic oxidation sites excluding steroid dienone is 1. The number of rotatable bonds is 9. The minimum atomic E-state index is -3.57. The minimum Gasteiger partial charge on any atom is -0.429 e. The van der Waals surface area contributed by atoms with Crippen molar-refractivity contribution in [3.8, 4) is 39.1 Å². The summed E-state index contributed by atoms with van der Waals surface area (Å²) in [6, 6.07) is 20.7. The van der Waals surface area contributed by atoms with E-state index in [1.165, 1.54) is 60.7 Å². The molecule has 5 rings (SSSR count). The number of hydrogen-bond acceptors (Lipinski definition) is 1. The van der Waals surface area contributed by atoms with Gasteiger partial charge in [0.15, 0.2) is 17.5 Å². The summed E-state index contributed by atoms with van der Waals surface area (Å²) >= 11 is 0. The van der Waals surface area contributed by atoms with Gasteiger partial charge in [0, 0.05) is 11.1 Å². The summed E-state index contributed by atoms with van der Waals surface area (Å²) in [5.41, 5.74) is 1.39. The number of ether oxygens (including phenoxy) is 1.